The predicted octanol–water partition coefficient (Wildman–Crippen LogP) is 1.01. The summed E-state index contributed by atoms with van der Waals surface area (Å²) >= 11 is 0. The van der Waals surface area contributed by atoms with Crippen LogP contribution in [0.3, 0.4) is 0 Å². The number of rotatable bonds is 7. The molecule has 0 N–H and O–H groups in total. The van der Waals surface area contributed by atoms with Crippen LogP contribution >= 0.6 is 0 Å². The van der Waals surface area contributed by atoms with Gasteiger partial charge in [-0.3, -0.25) is 18.7 Å². The molecule has 11 heteroatoms. The zero-order valence-electron chi connectivity index (χ0n) is 15.4. The van der Waals surface area contributed by atoms with Gasteiger partial charge in [-0.15, -0.1) is 0 Å². The minimum absolute atomic E-state index is 0.0530. The third kappa shape index (κ3) is 4.58. The normalized spacial score (nSPS) is 11.9. The number of aromatic nitrogens is 4. The lowest BCUT2D eigenvalue weighted by atomic mass is 10.2. The zero-order valence-corrected chi connectivity index (χ0v) is 15.4. The minimum atomic E-state index is -4.31. The standard InChI is InChI=1S/C16H22F3N5O3/c1-4-23(9-7-16(17,18)19)11(25)6-5-8-24-10-20-13-12(24)14(26)22(3)15(27)21(13)2/h10H,4-9H2,1-3H3. The third-order valence-electron chi connectivity index (χ3n) is 4.41. The molecule has 150 valence electrons. The van der Waals surface area contributed by atoms with Crippen molar-refractivity contribution in [3.8, 4) is 0 Å². The Hall–Kier alpha value is -2.59. The van der Waals surface area contributed by atoms with Crippen LogP contribution in [0.1, 0.15) is 26.2 Å². The monoisotopic (exact) mass is 389 g/mol. The molecule has 0 bridgehead atoms. The second-order valence-electron chi connectivity index (χ2n) is 6.26. The number of hydrogen-bond acceptors (Lipinski definition) is 4. The number of carbonyl (C=O) groups excluding carboxylic acids is 1. The quantitative estimate of drug-likeness (QED) is 0.708. The Morgan fingerprint density at radius 1 is 1.22 bits per heavy atom. The van der Waals surface area contributed by atoms with Crippen molar-refractivity contribution in [2.75, 3.05) is 13.1 Å². The smallest absolute Gasteiger partial charge is 0.343 e. The number of amides is 1. The Labute approximate surface area is 152 Å². The summed E-state index contributed by atoms with van der Waals surface area (Å²) < 4.78 is 40.8. The summed E-state index contributed by atoms with van der Waals surface area (Å²) in [5.74, 6) is -0.369. The Bertz CT molecular complexity index is 942. The lowest BCUT2D eigenvalue weighted by molar-refractivity contribution is -0.145. The highest BCUT2D eigenvalue weighted by Crippen LogP contribution is 2.20. The van der Waals surface area contributed by atoms with Crippen LogP contribution < -0.4 is 11.2 Å². The second-order valence-corrected chi connectivity index (χ2v) is 6.26. The molecule has 2 aromatic heterocycles. The van der Waals surface area contributed by atoms with Crippen molar-refractivity contribution in [2.24, 2.45) is 14.1 Å². The maximum Gasteiger partial charge on any atom is 0.390 e. The van der Waals surface area contributed by atoms with Gasteiger partial charge in [-0.05, 0) is 13.3 Å². The summed E-state index contributed by atoms with van der Waals surface area (Å²) in [5, 5.41) is 0. The fraction of sp³-hybridized carbons (Fsp3) is 0.625. The molecule has 0 radical (unpaired) electrons. The average Bonchev–Trinajstić information content (AvgIpc) is 3.01. The summed E-state index contributed by atoms with van der Waals surface area (Å²) in [5.41, 5.74) is -0.486. The van der Waals surface area contributed by atoms with Crippen LogP contribution in [0.25, 0.3) is 11.2 Å². The summed E-state index contributed by atoms with van der Waals surface area (Å²) in [6, 6.07) is 0. The van der Waals surface area contributed by atoms with Crippen molar-refractivity contribution in [1.29, 1.82) is 0 Å². The number of fused-ring (bicyclic) bond motifs is 1. The summed E-state index contributed by atoms with van der Waals surface area (Å²) in [6.45, 7) is 1.75. The summed E-state index contributed by atoms with van der Waals surface area (Å²) in [4.78, 5) is 41.6. The number of alkyl halides is 3. The fourth-order valence-electron chi connectivity index (χ4n) is 2.85. The molecule has 8 nitrogen and oxygen atoms in total. The largest absolute Gasteiger partial charge is 0.390 e. The first-order valence-electron chi connectivity index (χ1n) is 8.52. The Kier molecular flexibility index (Phi) is 6.11. The molecule has 0 fully saturated rings. The molecule has 2 heterocycles. The van der Waals surface area contributed by atoms with Crippen LogP contribution in [0.15, 0.2) is 15.9 Å². The van der Waals surface area contributed by atoms with E-state index < -0.39 is 23.8 Å². The van der Waals surface area contributed by atoms with Crippen molar-refractivity contribution in [2.45, 2.75) is 38.9 Å². The molecule has 0 saturated carbocycles. The predicted molar refractivity (Wildman–Crippen MR) is 92.4 cm³/mol. The van der Waals surface area contributed by atoms with Crippen molar-refractivity contribution in [1.82, 2.24) is 23.6 Å². The van der Waals surface area contributed by atoms with Crippen LogP contribution in [0.4, 0.5) is 13.2 Å². The molecular weight excluding hydrogens is 367 g/mol. The summed E-state index contributed by atoms with van der Waals surface area (Å²) in [7, 11) is 2.87. The van der Waals surface area contributed by atoms with Gasteiger partial charge in [0, 0.05) is 40.2 Å². The van der Waals surface area contributed by atoms with E-state index in [-0.39, 0.29) is 43.1 Å². The molecule has 2 aromatic rings. The van der Waals surface area contributed by atoms with E-state index in [1.807, 2.05) is 0 Å². The van der Waals surface area contributed by atoms with E-state index in [0.29, 0.717) is 6.42 Å². The van der Waals surface area contributed by atoms with Crippen molar-refractivity contribution in [3.63, 3.8) is 0 Å². The minimum Gasteiger partial charge on any atom is -0.343 e. The molecule has 0 unspecified atom stereocenters. The molecule has 0 aliphatic rings. The van der Waals surface area contributed by atoms with E-state index in [1.165, 1.54) is 29.9 Å². The van der Waals surface area contributed by atoms with Crippen LogP contribution in [0, 0.1) is 0 Å². The highest BCUT2D eigenvalue weighted by molar-refractivity contribution is 5.76. The van der Waals surface area contributed by atoms with Gasteiger partial charge in [0.25, 0.3) is 5.56 Å². The molecule has 2 rings (SSSR count). The lowest BCUT2D eigenvalue weighted by Gasteiger charge is -2.21. The SMILES string of the molecule is CCN(CCC(F)(F)F)C(=O)CCCn1cnc2c1c(=O)n(C)c(=O)n2C. The number of aryl methyl sites for hydroxylation is 2. The van der Waals surface area contributed by atoms with Gasteiger partial charge in [-0.25, -0.2) is 9.78 Å². The number of carbonyl (C=O) groups is 1. The molecule has 1 amide bonds. The van der Waals surface area contributed by atoms with Gasteiger partial charge in [0.1, 0.15) is 0 Å². The molecule has 0 saturated heterocycles. The maximum atomic E-state index is 12.3. The number of halogens is 3. The molecular formula is C16H22F3N5O3. The zero-order chi connectivity index (χ0) is 20.4. The van der Waals surface area contributed by atoms with Gasteiger partial charge in [0.2, 0.25) is 5.91 Å². The first-order chi connectivity index (χ1) is 12.6. The van der Waals surface area contributed by atoms with Crippen LogP contribution in [-0.4, -0.2) is 48.8 Å². The highest BCUT2D eigenvalue weighted by Gasteiger charge is 2.28. The van der Waals surface area contributed by atoms with E-state index in [0.717, 1.165) is 4.57 Å². The van der Waals surface area contributed by atoms with Gasteiger partial charge in [-0.1, -0.05) is 0 Å². The first kappa shape index (κ1) is 20.7. The number of hydrogen-bond donors (Lipinski definition) is 0. The molecule has 0 aliphatic heterocycles. The van der Waals surface area contributed by atoms with Crippen LogP contribution in [0.2, 0.25) is 0 Å². The second kappa shape index (κ2) is 7.97. The van der Waals surface area contributed by atoms with Gasteiger partial charge in [0.15, 0.2) is 11.2 Å². The van der Waals surface area contributed by atoms with Crippen molar-refractivity contribution in [3.05, 3.63) is 27.2 Å². The van der Waals surface area contributed by atoms with Gasteiger partial charge >= 0.3 is 11.9 Å². The maximum absolute atomic E-state index is 12.3. The van der Waals surface area contributed by atoms with Gasteiger partial charge in [0.05, 0.1) is 12.7 Å². The molecule has 27 heavy (non-hydrogen) atoms. The Morgan fingerprint density at radius 2 is 1.89 bits per heavy atom. The highest BCUT2D eigenvalue weighted by atomic mass is 19.4. The van der Waals surface area contributed by atoms with E-state index in [4.69, 9.17) is 0 Å². The molecule has 0 atom stereocenters. The molecule has 0 aliphatic carbocycles. The Balaban J connectivity index is 2.06. The molecule has 0 aromatic carbocycles. The fourth-order valence-corrected chi connectivity index (χ4v) is 2.85. The average molecular weight is 389 g/mol. The molecule has 0 spiro atoms. The van der Waals surface area contributed by atoms with Crippen LogP contribution in [0.5, 0.6) is 0 Å². The topological polar surface area (TPSA) is 82.1 Å². The van der Waals surface area contributed by atoms with E-state index in [2.05, 4.69) is 4.98 Å². The first-order valence-corrected chi connectivity index (χ1v) is 8.52. The lowest BCUT2D eigenvalue weighted by Crippen LogP contribution is -2.37. The summed E-state index contributed by atoms with van der Waals surface area (Å²) in [6.07, 6.45) is -3.55. The van der Waals surface area contributed by atoms with E-state index in [9.17, 15) is 27.6 Å². The third-order valence-corrected chi connectivity index (χ3v) is 4.41. The van der Waals surface area contributed by atoms with Crippen LogP contribution in [-0.2, 0) is 25.4 Å². The van der Waals surface area contributed by atoms with Gasteiger partial charge < -0.3 is 9.47 Å². The van der Waals surface area contributed by atoms with Crippen molar-refractivity contribution >= 4 is 17.1 Å². The Morgan fingerprint density at radius 3 is 2.48 bits per heavy atom. The number of imidazole rings is 1. The van der Waals surface area contributed by atoms with E-state index in [1.54, 1.807) is 11.5 Å². The van der Waals surface area contributed by atoms with Crippen molar-refractivity contribution < 1.29 is 18.0 Å². The van der Waals surface area contributed by atoms with Gasteiger partial charge in [-0.2, -0.15) is 13.2 Å². The van der Waals surface area contributed by atoms with E-state index >= 15 is 0 Å². The number of nitrogens with zero attached hydrogens (tertiary/aromatic N) is 5.